The van der Waals surface area contributed by atoms with Gasteiger partial charge in [-0.05, 0) is 30.0 Å². The Morgan fingerprint density at radius 3 is 2.67 bits per heavy atom. The van der Waals surface area contributed by atoms with Gasteiger partial charge in [0, 0.05) is 25.8 Å². The minimum absolute atomic E-state index is 0.145. The van der Waals surface area contributed by atoms with E-state index in [0.717, 1.165) is 22.6 Å². The molecule has 3 rings (SSSR count). The second-order valence-electron chi connectivity index (χ2n) is 6.30. The van der Waals surface area contributed by atoms with Crippen molar-refractivity contribution in [3.63, 3.8) is 0 Å². The standard InChI is InChI=1S/C20H26N6O3S/c1-4-30-20-24-17(21-10-12-28-2)16-13-23-26(18(16)25-20)11-9-22-19(27)14-5-7-15(29-3)8-6-14/h5-8,13H,4,9-12H2,1-3H3,(H,22,27)(H,21,24,25). The zero-order valence-corrected chi connectivity index (χ0v) is 18.2. The molecule has 0 aliphatic heterocycles. The second kappa shape index (κ2) is 10.8. The molecule has 30 heavy (non-hydrogen) atoms. The maximum atomic E-state index is 12.3. The van der Waals surface area contributed by atoms with Gasteiger partial charge in [-0.25, -0.2) is 14.6 Å². The number of amides is 1. The Morgan fingerprint density at radius 2 is 1.97 bits per heavy atom. The van der Waals surface area contributed by atoms with Crippen LogP contribution in [0.3, 0.4) is 0 Å². The maximum Gasteiger partial charge on any atom is 0.251 e. The normalized spacial score (nSPS) is 10.9. The molecule has 0 atom stereocenters. The third-order valence-corrected chi connectivity index (χ3v) is 5.04. The molecule has 0 aliphatic carbocycles. The SMILES string of the molecule is CCSc1nc(NCCOC)c2cnn(CCNC(=O)c3ccc(OC)cc3)c2n1. The van der Waals surface area contributed by atoms with Gasteiger partial charge in [0.1, 0.15) is 11.6 Å². The van der Waals surface area contributed by atoms with Gasteiger partial charge in [0.05, 0.1) is 31.8 Å². The van der Waals surface area contributed by atoms with Gasteiger partial charge in [-0.3, -0.25) is 4.79 Å². The minimum atomic E-state index is -0.145. The van der Waals surface area contributed by atoms with E-state index in [1.807, 2.05) is 0 Å². The van der Waals surface area contributed by atoms with E-state index in [1.165, 1.54) is 0 Å². The molecule has 9 nitrogen and oxygen atoms in total. The summed E-state index contributed by atoms with van der Waals surface area (Å²) in [5, 5.41) is 12.2. The highest BCUT2D eigenvalue weighted by atomic mass is 32.2. The van der Waals surface area contributed by atoms with E-state index in [2.05, 4.69) is 32.6 Å². The molecule has 2 heterocycles. The Morgan fingerprint density at radius 1 is 1.17 bits per heavy atom. The number of rotatable bonds is 11. The first-order valence-electron chi connectivity index (χ1n) is 9.67. The van der Waals surface area contributed by atoms with Crippen molar-refractivity contribution in [3.05, 3.63) is 36.0 Å². The number of nitrogens with zero attached hydrogens (tertiary/aromatic N) is 4. The molecule has 0 spiro atoms. The van der Waals surface area contributed by atoms with Crippen molar-refractivity contribution in [3.8, 4) is 5.75 Å². The summed E-state index contributed by atoms with van der Waals surface area (Å²) in [6, 6.07) is 6.99. The fourth-order valence-electron chi connectivity index (χ4n) is 2.82. The molecule has 0 saturated heterocycles. The predicted octanol–water partition coefficient (Wildman–Crippen LogP) is 2.44. The third kappa shape index (κ3) is 5.39. The van der Waals surface area contributed by atoms with Gasteiger partial charge < -0.3 is 20.1 Å². The van der Waals surface area contributed by atoms with Crippen LogP contribution >= 0.6 is 11.8 Å². The number of carbonyl (C=O) groups excluding carboxylic acids is 1. The van der Waals surface area contributed by atoms with Gasteiger partial charge in [0.15, 0.2) is 10.8 Å². The zero-order chi connectivity index (χ0) is 21.3. The molecule has 1 amide bonds. The Labute approximate surface area is 179 Å². The van der Waals surface area contributed by atoms with Crippen LogP contribution in [0.5, 0.6) is 5.75 Å². The number of hydrogen-bond acceptors (Lipinski definition) is 8. The Kier molecular flexibility index (Phi) is 7.86. The molecule has 1 aromatic carbocycles. The van der Waals surface area contributed by atoms with Gasteiger partial charge in [-0.2, -0.15) is 5.10 Å². The first-order valence-corrected chi connectivity index (χ1v) is 10.7. The fourth-order valence-corrected chi connectivity index (χ4v) is 3.38. The average molecular weight is 431 g/mol. The van der Waals surface area contributed by atoms with Gasteiger partial charge in [0.2, 0.25) is 0 Å². The smallest absolute Gasteiger partial charge is 0.251 e. The minimum Gasteiger partial charge on any atom is -0.497 e. The largest absolute Gasteiger partial charge is 0.497 e. The molecule has 160 valence electrons. The summed E-state index contributed by atoms with van der Waals surface area (Å²) in [5.41, 5.74) is 1.31. The second-order valence-corrected chi connectivity index (χ2v) is 7.53. The molecule has 2 aromatic heterocycles. The van der Waals surface area contributed by atoms with Crippen molar-refractivity contribution >= 4 is 34.5 Å². The van der Waals surface area contributed by atoms with Gasteiger partial charge in [-0.1, -0.05) is 18.7 Å². The molecular formula is C20H26N6O3S. The summed E-state index contributed by atoms with van der Waals surface area (Å²) in [6.45, 7) is 4.20. The van der Waals surface area contributed by atoms with Crippen LogP contribution in [0.1, 0.15) is 17.3 Å². The summed E-state index contributed by atoms with van der Waals surface area (Å²) >= 11 is 1.57. The fraction of sp³-hybridized carbons (Fsp3) is 0.400. The molecule has 2 N–H and O–H groups in total. The summed E-state index contributed by atoms with van der Waals surface area (Å²) in [7, 11) is 3.25. The number of thioether (sulfide) groups is 1. The number of nitrogens with one attached hydrogen (secondary N) is 2. The lowest BCUT2D eigenvalue weighted by Gasteiger charge is -2.09. The summed E-state index contributed by atoms with van der Waals surface area (Å²) in [5.74, 6) is 2.18. The van der Waals surface area contributed by atoms with Crippen molar-refractivity contribution in [1.82, 2.24) is 25.1 Å². The Bertz CT molecular complexity index is 977. The number of benzene rings is 1. The molecular weight excluding hydrogens is 404 g/mol. The molecule has 0 fully saturated rings. The predicted molar refractivity (Wildman–Crippen MR) is 117 cm³/mol. The zero-order valence-electron chi connectivity index (χ0n) is 17.3. The van der Waals surface area contributed by atoms with E-state index in [-0.39, 0.29) is 5.91 Å². The molecule has 3 aromatic rings. The molecule has 0 bridgehead atoms. The Hall–Kier alpha value is -2.85. The molecule has 0 aliphatic rings. The highest BCUT2D eigenvalue weighted by Crippen LogP contribution is 2.24. The van der Waals surface area contributed by atoms with Crippen LogP contribution in [0.25, 0.3) is 11.0 Å². The number of aromatic nitrogens is 4. The van der Waals surface area contributed by atoms with Gasteiger partial charge >= 0.3 is 0 Å². The lowest BCUT2D eigenvalue weighted by molar-refractivity contribution is 0.0952. The van der Waals surface area contributed by atoms with Crippen LogP contribution in [0, 0.1) is 0 Å². The first-order chi connectivity index (χ1) is 14.7. The molecule has 10 heteroatoms. The first kappa shape index (κ1) is 21.8. The number of carbonyl (C=O) groups is 1. The van der Waals surface area contributed by atoms with Crippen molar-refractivity contribution < 1.29 is 14.3 Å². The van der Waals surface area contributed by atoms with E-state index in [4.69, 9.17) is 9.47 Å². The topological polar surface area (TPSA) is 103 Å². The molecule has 0 saturated carbocycles. The van der Waals surface area contributed by atoms with E-state index >= 15 is 0 Å². The van der Waals surface area contributed by atoms with Crippen molar-refractivity contribution in [1.29, 1.82) is 0 Å². The number of ether oxygens (including phenoxy) is 2. The van der Waals surface area contributed by atoms with Gasteiger partial charge in [0.25, 0.3) is 5.91 Å². The maximum absolute atomic E-state index is 12.3. The summed E-state index contributed by atoms with van der Waals surface area (Å²) in [6.07, 6.45) is 1.75. The summed E-state index contributed by atoms with van der Waals surface area (Å²) < 4.78 is 12.0. The lowest BCUT2D eigenvalue weighted by Crippen LogP contribution is -2.27. The van der Waals surface area contributed by atoms with Crippen LogP contribution in [-0.4, -0.2) is 65.3 Å². The molecule has 0 unspecified atom stereocenters. The van der Waals surface area contributed by atoms with E-state index in [9.17, 15) is 4.79 Å². The lowest BCUT2D eigenvalue weighted by atomic mass is 10.2. The highest BCUT2D eigenvalue weighted by Gasteiger charge is 2.13. The van der Waals surface area contributed by atoms with Crippen molar-refractivity contribution in [2.75, 3.05) is 45.0 Å². The monoisotopic (exact) mass is 430 g/mol. The van der Waals surface area contributed by atoms with Crippen LogP contribution in [0.4, 0.5) is 5.82 Å². The Balaban J connectivity index is 1.69. The highest BCUT2D eigenvalue weighted by molar-refractivity contribution is 7.99. The number of fused-ring (bicyclic) bond motifs is 1. The van der Waals surface area contributed by atoms with E-state index < -0.39 is 0 Å². The van der Waals surface area contributed by atoms with Gasteiger partial charge in [-0.15, -0.1) is 0 Å². The van der Waals surface area contributed by atoms with Crippen LogP contribution in [0.15, 0.2) is 35.6 Å². The van der Waals surface area contributed by atoms with Crippen molar-refractivity contribution in [2.45, 2.75) is 18.6 Å². The van der Waals surface area contributed by atoms with E-state index in [0.29, 0.717) is 42.7 Å². The van der Waals surface area contributed by atoms with Crippen LogP contribution < -0.4 is 15.4 Å². The molecule has 0 radical (unpaired) electrons. The average Bonchev–Trinajstić information content (AvgIpc) is 3.17. The van der Waals surface area contributed by atoms with Crippen LogP contribution in [0.2, 0.25) is 0 Å². The van der Waals surface area contributed by atoms with E-state index in [1.54, 1.807) is 61.1 Å². The number of hydrogen-bond donors (Lipinski definition) is 2. The van der Waals surface area contributed by atoms with Crippen molar-refractivity contribution in [2.24, 2.45) is 0 Å². The quantitative estimate of drug-likeness (QED) is 0.272. The van der Waals surface area contributed by atoms with Crippen LogP contribution in [-0.2, 0) is 11.3 Å². The number of anilines is 1. The summed E-state index contributed by atoms with van der Waals surface area (Å²) in [4.78, 5) is 21.6. The number of methoxy groups -OCH3 is 2. The third-order valence-electron chi connectivity index (χ3n) is 4.31.